The molecule has 10 nitrogen and oxygen atoms in total. The lowest BCUT2D eigenvalue weighted by atomic mass is 10.1. The van der Waals surface area contributed by atoms with Crippen molar-refractivity contribution < 1.29 is 24.3 Å². The summed E-state index contributed by atoms with van der Waals surface area (Å²) < 4.78 is 0. The lowest BCUT2D eigenvalue weighted by Gasteiger charge is -2.57. The molecule has 0 aliphatic rings. The van der Waals surface area contributed by atoms with Gasteiger partial charge in [-0.15, -0.1) is 402 Å². The molecule has 50 atom stereocenters. The Balaban J connectivity index is 0.00000171. The fourth-order valence-electron chi connectivity index (χ4n) is 7.35. The van der Waals surface area contributed by atoms with Crippen LogP contribution in [0.1, 0.15) is 29.9 Å². The molecule has 99 heteroatoms. The minimum Gasteiger partial charge on any atom is -0.504 e. The van der Waals surface area contributed by atoms with Crippen LogP contribution in [0.3, 0.4) is 0 Å². The number of Topliss-reactive ketones (excluding diaryl/α,β-unsaturated/α-hetero) is 3. The summed E-state index contributed by atoms with van der Waals surface area (Å²) in [5.74, 6) is -1.58. The monoisotopic (exact) mass is 3260 g/mol. The van der Waals surface area contributed by atoms with E-state index in [0.29, 0.717) is 21.4 Å². The van der Waals surface area contributed by atoms with Crippen molar-refractivity contribution in [1.29, 1.82) is 0 Å². The van der Waals surface area contributed by atoms with Gasteiger partial charge in [0.2, 0.25) is 5.78 Å². The Bertz CT molecular complexity index is 3170. The summed E-state index contributed by atoms with van der Waals surface area (Å²) in [6.07, 6.45) is 2.85. The second-order valence-electron chi connectivity index (χ2n) is 19.9. The number of nitrogens with zero attached hydrogens (tertiary/aromatic N) is 5. The maximum atomic E-state index is 11.5. The molecule has 0 aromatic carbocycles. The van der Waals surface area contributed by atoms with E-state index < -0.39 is 17.3 Å². The molecule has 50 unspecified atom stereocenters. The Morgan fingerprint density at radius 1 is 0.370 bits per heavy atom. The summed E-state index contributed by atoms with van der Waals surface area (Å²) in [6, 6.07) is 6.39. The number of carbonyl (C=O) groups excluding carboxylic acids is 3. The number of hydrogen-bond acceptors (Lipinski definition) is 7. The molecule has 3 heterocycles. The number of carbonyl (C=O) groups is 3. The molecule has 2 N–H and O–H groups in total. The number of H-pyrrole nitrogens is 1. The fraction of sp³-hybridized carbons (Fsp3) is 0.150. The van der Waals surface area contributed by atoms with Crippen molar-refractivity contribution in [3.63, 3.8) is 0 Å². The number of rotatable bonds is 46. The molecule has 0 aliphatic carbocycles. The van der Waals surface area contributed by atoms with Gasteiger partial charge in [-0.2, -0.15) is 9.89 Å². The third kappa shape index (κ3) is 55.9. The summed E-state index contributed by atoms with van der Waals surface area (Å²) in [5.41, 5.74) is 9.59. The highest BCUT2D eigenvalue weighted by Crippen LogP contribution is 3.47. The zero-order valence-electron chi connectivity index (χ0n) is 61.7. The number of pyridine rings is 2. The van der Waals surface area contributed by atoms with Crippen LogP contribution >= 0.6 is 719 Å². The third-order valence-corrected chi connectivity index (χ3v) is 607. The quantitative estimate of drug-likeness (QED) is 0.0108. The maximum Gasteiger partial charge on any atom is 0.400 e. The number of aromatic nitrogens is 4. The average Bonchev–Trinajstić information content (AvgIpc) is 0.968. The average molecular weight is 3260 g/mol. The zero-order chi connectivity index (χ0) is 93.2. The Morgan fingerprint density at radius 2 is 0.613 bits per heavy atom. The van der Waals surface area contributed by atoms with E-state index in [1.165, 1.54) is 25.4 Å². The Hall–Kier alpha value is 33.7. The Morgan fingerprint density at radius 3 is 0.815 bits per heavy atom. The summed E-state index contributed by atoms with van der Waals surface area (Å²) in [7, 11) is 155. The fourth-order valence-corrected chi connectivity index (χ4v) is 1210. The van der Waals surface area contributed by atoms with Gasteiger partial charge in [-0.3, -0.25) is 19.5 Å². The second kappa shape index (κ2) is 83.8. The predicted octanol–water partition coefficient (Wildman–Crippen LogP) is 53.7. The lowest BCUT2D eigenvalue weighted by Crippen LogP contribution is -2.24. The van der Waals surface area contributed by atoms with Gasteiger partial charge in [0.05, 0.1) is 0 Å². The van der Waals surface area contributed by atoms with Gasteiger partial charge in [0.1, 0.15) is 21.7 Å². The van der Waals surface area contributed by atoms with Crippen molar-refractivity contribution in [2.45, 2.75) is 20.3 Å². The van der Waals surface area contributed by atoms with Gasteiger partial charge >= 0.3 is 5.71 Å². The molecule has 0 saturated carbocycles. The largest absolute Gasteiger partial charge is 0.504 e. The van der Waals surface area contributed by atoms with Gasteiger partial charge in [-0.1, -0.05) is 37.2 Å². The molecule has 0 aliphatic heterocycles. The highest BCUT2D eigenvalue weighted by molar-refractivity contribution is 9.53. The lowest BCUT2D eigenvalue weighted by molar-refractivity contribution is -0.122. The highest BCUT2D eigenvalue weighted by atomic mass is 35.5. The van der Waals surface area contributed by atoms with E-state index in [4.69, 9.17) is 28.7 Å². The highest BCUT2D eigenvalue weighted by Gasteiger charge is 2.59. The van der Waals surface area contributed by atoms with E-state index in [2.05, 4.69) is 427 Å². The second-order valence-corrected chi connectivity index (χ2v) is 374. The number of ketones is 3. The Kier molecular flexibility index (Phi) is 108. The number of halogens is 2. The van der Waals surface area contributed by atoms with Crippen LogP contribution in [0.25, 0.3) is 16.8 Å². The smallest absolute Gasteiger partial charge is 0.400 e. The van der Waals surface area contributed by atoms with Gasteiger partial charge in [0, 0.05) is 38.2 Å². The number of hydrogen-bond donors (Lipinski definition) is 2. The van der Waals surface area contributed by atoms with Crippen molar-refractivity contribution in [3.8, 4) is 17.0 Å². The predicted molar refractivity (Wildman–Crippen MR) is 845 cm³/mol. The molecule has 3 rings (SSSR count). The van der Waals surface area contributed by atoms with E-state index in [0.717, 1.165) is 14.9 Å². The van der Waals surface area contributed by atoms with E-state index in [9.17, 15) is 19.5 Å². The van der Waals surface area contributed by atoms with Crippen molar-refractivity contribution in [2.75, 3.05) is 0 Å². The molecule has 0 spiro atoms. The standard InChI is InChI=1S/2C10H8ClN3O2.H46P44.H45P43/c1-5(15)8-10(16)9(14-13-8)6-2-3-7(11)12-4-6;1-6(15)10(14-12)8(16)4-7-2-3-9(11)13-5-7;1-24(2)35(23)41(36(25(3)4)26(5)6)44(42(37(27(7)8)28(9)10)38(29(11)12)30(13)14)43(39(31(15)16)32(17)18)40(33(19)20)34(21)22;1-23-34(22)40(35(24(2)3)25(4)5)43(41(36(26(6)7)27(8)9)37(28(10)11)29(12)13)42(38(30(14)15)31(16)17)39(32(18)19)33(20)21/h2-4,16H,1H3,(H,13,14);2-3,5H,4H2,1H3;1-23H2;23H,1-22H2. The van der Waals surface area contributed by atoms with E-state index in [1.54, 1.807) is 18.2 Å². The number of aromatic hydroxyl groups is 1. The van der Waals surface area contributed by atoms with Crippen LogP contribution < -0.4 is 0 Å². The van der Waals surface area contributed by atoms with Gasteiger partial charge < -0.3 is 10.6 Å². The summed E-state index contributed by atoms with van der Waals surface area (Å²) in [5, 5.41) is 16.8. The van der Waals surface area contributed by atoms with E-state index in [-0.39, 0.29) is 316 Å². The third-order valence-electron chi connectivity index (χ3n) is 11.4. The van der Waals surface area contributed by atoms with Gasteiger partial charge in [-0.05, 0) is 310 Å². The minimum atomic E-state index is -0.575. The van der Waals surface area contributed by atoms with Gasteiger partial charge in [0.25, 0.3) is 5.78 Å². The molecule has 0 fully saturated rings. The zero-order valence-corrected chi connectivity index (χ0v) is 153. The van der Waals surface area contributed by atoms with Crippen molar-refractivity contribution in [2.24, 2.45) is 0 Å². The van der Waals surface area contributed by atoms with Crippen LogP contribution in [-0.2, 0) is 16.0 Å². The van der Waals surface area contributed by atoms with Crippen LogP contribution in [0, 0.1) is 0 Å². The first-order valence-corrected chi connectivity index (χ1v) is 187. The molecule has 690 valence electrons. The normalized spacial score (nSPS) is 14.2. The first-order valence-electron chi connectivity index (χ1n) is 28.6. The summed E-state index contributed by atoms with van der Waals surface area (Å²) in [4.78, 5) is 43.8. The molecule has 0 amide bonds. The van der Waals surface area contributed by atoms with Crippen LogP contribution in [-0.4, -0.2) is 53.1 Å². The molecule has 119 heavy (non-hydrogen) atoms. The molecule has 0 bridgehead atoms. The minimum absolute atomic E-state index is 0.0455. The van der Waals surface area contributed by atoms with Gasteiger partial charge in [0.15, 0.2) is 11.5 Å². The molecule has 3 aromatic rings. The van der Waals surface area contributed by atoms with Crippen LogP contribution in [0.15, 0.2) is 36.7 Å². The van der Waals surface area contributed by atoms with Crippen molar-refractivity contribution >= 4 is 742 Å². The summed E-state index contributed by atoms with van der Waals surface area (Å²) >= 11 is 11.2. The maximum absolute atomic E-state index is 11.5. The number of aromatic amines is 1. The molecular formula is C20H107Cl2N6O4P87. The van der Waals surface area contributed by atoms with E-state index >= 15 is 0 Å². The first-order chi connectivity index (χ1) is 54.7. The summed E-state index contributed by atoms with van der Waals surface area (Å²) in [6.45, 7) is -2.15. The number of nitrogens with one attached hydrogen (secondary N) is 1. The Labute approximate surface area is 875 Å². The van der Waals surface area contributed by atoms with Crippen molar-refractivity contribution in [3.05, 3.63) is 63.8 Å². The first kappa shape index (κ1) is 153. The van der Waals surface area contributed by atoms with Gasteiger partial charge in [-0.25, -0.2) is 9.97 Å². The molecule has 3 aromatic heterocycles. The van der Waals surface area contributed by atoms with Crippen molar-refractivity contribution in [1.82, 2.24) is 20.2 Å². The molecule has 0 radical (unpaired) electrons. The van der Waals surface area contributed by atoms with Crippen LogP contribution in [0.5, 0.6) is 5.75 Å². The SMILES string of the molecule is CC(=O)C(=[N+]=[N-])C(=O)Cc1ccc(Cl)nc1.CC(=O)c1[nH]nc(-c2ccc(Cl)nc2)c1O.PP(P)P(P)P(P(P(P)P)P(P)P)P(P(P(P(P)P)P(P)P)P(P(P)P)P(P)P)P(P(P(P)P)P(P)P)P(P(P)P)P(P)P.PPP(P)P(P(P(P)P)P(P)P)P(P(P(P(P)P)P(P)P)P(P(P)P)P(P)P)P(P(P(P)P)P(P)P)P(P(P)P)P(P)P. The van der Waals surface area contributed by atoms with Crippen LogP contribution in [0.2, 0.25) is 10.3 Å². The molecular weight excluding hydrogens is 3150 g/mol. The topological polar surface area (TPSA) is 162 Å². The van der Waals surface area contributed by atoms with E-state index in [1.807, 2.05) is 0 Å². The van der Waals surface area contributed by atoms with Crippen LogP contribution in [0.4, 0.5) is 0 Å². The molecule has 0 saturated heterocycles.